The van der Waals surface area contributed by atoms with E-state index in [1.807, 2.05) is 13.8 Å². The lowest BCUT2D eigenvalue weighted by molar-refractivity contribution is 0.587. The molecule has 0 atom stereocenters. The van der Waals surface area contributed by atoms with Gasteiger partial charge in [0.25, 0.3) is 0 Å². The first kappa shape index (κ1) is 7.73. The van der Waals surface area contributed by atoms with Gasteiger partial charge in [0.05, 0.1) is 6.54 Å². The number of aryl methyl sites for hydroxylation is 2. The topological polar surface area (TPSA) is 43.6 Å². The van der Waals surface area contributed by atoms with Crippen molar-refractivity contribution in [1.82, 2.24) is 20.2 Å². The Morgan fingerprint density at radius 2 is 2.36 bits per heavy atom. The van der Waals surface area contributed by atoms with E-state index in [-0.39, 0.29) is 0 Å². The summed E-state index contributed by atoms with van der Waals surface area (Å²) in [5, 5.41) is 11.0. The summed E-state index contributed by atoms with van der Waals surface area (Å²) in [5.74, 6) is 6.60. The van der Waals surface area contributed by atoms with E-state index in [0.29, 0.717) is 0 Å². The Labute approximate surface area is 65.6 Å². The van der Waals surface area contributed by atoms with E-state index >= 15 is 0 Å². The molecule has 0 saturated carbocycles. The number of tetrazole rings is 1. The fourth-order valence-corrected chi connectivity index (χ4v) is 0.743. The Kier molecular flexibility index (Phi) is 2.61. The summed E-state index contributed by atoms with van der Waals surface area (Å²) in [6, 6.07) is 0. The standard InChI is InChI=1S/C7H10N4/c1-3-4-5-6-11-7(2)8-9-10-11/h5-6H2,1-2H3. The fourth-order valence-electron chi connectivity index (χ4n) is 0.743. The zero-order valence-corrected chi connectivity index (χ0v) is 6.70. The van der Waals surface area contributed by atoms with Crippen molar-refractivity contribution in [3.05, 3.63) is 5.82 Å². The molecule has 1 aromatic heterocycles. The van der Waals surface area contributed by atoms with E-state index in [4.69, 9.17) is 0 Å². The van der Waals surface area contributed by atoms with E-state index in [1.54, 1.807) is 4.68 Å². The Hall–Kier alpha value is -1.37. The molecular weight excluding hydrogens is 140 g/mol. The minimum absolute atomic E-state index is 0.777. The Balaban J connectivity index is 2.48. The van der Waals surface area contributed by atoms with Gasteiger partial charge in [0.1, 0.15) is 5.82 Å². The zero-order chi connectivity index (χ0) is 8.10. The summed E-state index contributed by atoms with van der Waals surface area (Å²) in [5.41, 5.74) is 0. The molecule has 0 spiro atoms. The summed E-state index contributed by atoms with van der Waals surface area (Å²) in [6.07, 6.45) is 0.808. The second kappa shape index (κ2) is 3.71. The number of rotatable bonds is 2. The molecule has 4 nitrogen and oxygen atoms in total. The molecule has 0 fully saturated rings. The van der Waals surface area contributed by atoms with Gasteiger partial charge in [0.15, 0.2) is 0 Å². The average Bonchev–Trinajstić information content (AvgIpc) is 2.37. The van der Waals surface area contributed by atoms with Gasteiger partial charge in [0.2, 0.25) is 0 Å². The third kappa shape index (κ3) is 2.04. The van der Waals surface area contributed by atoms with Crippen LogP contribution in [0.5, 0.6) is 0 Å². The highest BCUT2D eigenvalue weighted by Gasteiger charge is 1.96. The van der Waals surface area contributed by atoms with E-state index in [9.17, 15) is 0 Å². The Morgan fingerprint density at radius 3 is 2.91 bits per heavy atom. The van der Waals surface area contributed by atoms with Gasteiger partial charge in [-0.2, -0.15) is 0 Å². The van der Waals surface area contributed by atoms with Crippen LogP contribution in [-0.4, -0.2) is 20.2 Å². The van der Waals surface area contributed by atoms with Crippen LogP contribution in [0.4, 0.5) is 0 Å². The number of aromatic nitrogens is 4. The zero-order valence-electron chi connectivity index (χ0n) is 6.70. The molecule has 0 radical (unpaired) electrons. The third-order valence-corrected chi connectivity index (χ3v) is 1.34. The maximum atomic E-state index is 3.78. The predicted molar refractivity (Wildman–Crippen MR) is 40.6 cm³/mol. The van der Waals surface area contributed by atoms with Crippen molar-refractivity contribution < 1.29 is 0 Å². The predicted octanol–water partition coefficient (Wildman–Crippen LogP) is 0.395. The molecule has 1 rings (SSSR count). The van der Waals surface area contributed by atoms with E-state index in [1.165, 1.54) is 0 Å². The number of hydrogen-bond acceptors (Lipinski definition) is 3. The van der Waals surface area contributed by atoms with Gasteiger partial charge in [-0.3, -0.25) is 0 Å². The lowest BCUT2D eigenvalue weighted by Gasteiger charge is -1.94. The van der Waals surface area contributed by atoms with Gasteiger partial charge in [-0.15, -0.1) is 16.9 Å². The summed E-state index contributed by atoms with van der Waals surface area (Å²) in [7, 11) is 0. The third-order valence-electron chi connectivity index (χ3n) is 1.34. The highest BCUT2D eigenvalue weighted by molar-refractivity contribution is 4.94. The molecule has 0 N–H and O–H groups in total. The molecule has 1 aromatic rings. The van der Waals surface area contributed by atoms with Crippen molar-refractivity contribution >= 4 is 0 Å². The first-order chi connectivity index (χ1) is 5.34. The van der Waals surface area contributed by atoms with Crippen LogP contribution in [0.2, 0.25) is 0 Å². The van der Waals surface area contributed by atoms with Crippen LogP contribution in [0.1, 0.15) is 19.2 Å². The smallest absolute Gasteiger partial charge is 0.148 e. The van der Waals surface area contributed by atoms with Gasteiger partial charge >= 0.3 is 0 Å². The Morgan fingerprint density at radius 1 is 1.55 bits per heavy atom. The minimum Gasteiger partial charge on any atom is -0.229 e. The van der Waals surface area contributed by atoms with Crippen LogP contribution in [0, 0.1) is 18.8 Å². The molecule has 58 valence electrons. The van der Waals surface area contributed by atoms with Crippen LogP contribution in [0.25, 0.3) is 0 Å². The van der Waals surface area contributed by atoms with Gasteiger partial charge in [-0.1, -0.05) is 0 Å². The molecule has 0 saturated heterocycles. The van der Waals surface area contributed by atoms with E-state index in [0.717, 1.165) is 18.8 Å². The maximum absolute atomic E-state index is 3.78. The molecule has 0 unspecified atom stereocenters. The van der Waals surface area contributed by atoms with Crippen molar-refractivity contribution in [3.8, 4) is 11.8 Å². The second-order valence-electron chi connectivity index (χ2n) is 2.13. The van der Waals surface area contributed by atoms with Crippen molar-refractivity contribution in [2.75, 3.05) is 0 Å². The second-order valence-corrected chi connectivity index (χ2v) is 2.13. The molecule has 0 bridgehead atoms. The number of hydrogen-bond donors (Lipinski definition) is 0. The largest absolute Gasteiger partial charge is 0.229 e. The first-order valence-corrected chi connectivity index (χ1v) is 3.47. The van der Waals surface area contributed by atoms with Gasteiger partial charge < -0.3 is 0 Å². The molecule has 0 aliphatic carbocycles. The monoisotopic (exact) mass is 150 g/mol. The van der Waals surface area contributed by atoms with Crippen molar-refractivity contribution in [2.24, 2.45) is 0 Å². The average molecular weight is 150 g/mol. The van der Waals surface area contributed by atoms with Crippen LogP contribution in [0.3, 0.4) is 0 Å². The highest BCUT2D eigenvalue weighted by atomic mass is 15.5. The molecular formula is C7H10N4. The molecule has 0 aliphatic rings. The lowest BCUT2D eigenvalue weighted by atomic mass is 10.4. The quantitative estimate of drug-likeness (QED) is 0.573. The fraction of sp³-hybridized carbons (Fsp3) is 0.571. The van der Waals surface area contributed by atoms with Crippen LogP contribution >= 0.6 is 0 Å². The molecule has 1 heterocycles. The van der Waals surface area contributed by atoms with E-state index < -0.39 is 0 Å². The molecule has 11 heavy (non-hydrogen) atoms. The van der Waals surface area contributed by atoms with Crippen molar-refractivity contribution in [1.29, 1.82) is 0 Å². The summed E-state index contributed by atoms with van der Waals surface area (Å²) in [4.78, 5) is 0. The lowest BCUT2D eigenvalue weighted by Crippen LogP contribution is -2.01. The van der Waals surface area contributed by atoms with Gasteiger partial charge in [0, 0.05) is 6.42 Å². The van der Waals surface area contributed by atoms with Gasteiger partial charge in [-0.05, 0) is 24.3 Å². The van der Waals surface area contributed by atoms with Crippen molar-refractivity contribution in [2.45, 2.75) is 26.8 Å². The van der Waals surface area contributed by atoms with Crippen molar-refractivity contribution in [3.63, 3.8) is 0 Å². The normalized spacial score (nSPS) is 8.91. The van der Waals surface area contributed by atoms with Crippen LogP contribution in [0.15, 0.2) is 0 Å². The van der Waals surface area contributed by atoms with Crippen LogP contribution in [-0.2, 0) is 6.54 Å². The van der Waals surface area contributed by atoms with E-state index in [2.05, 4.69) is 27.4 Å². The van der Waals surface area contributed by atoms with Crippen LogP contribution < -0.4 is 0 Å². The molecule has 0 aliphatic heterocycles. The molecule has 0 amide bonds. The number of nitrogens with zero attached hydrogens (tertiary/aromatic N) is 4. The molecule has 0 aromatic carbocycles. The first-order valence-electron chi connectivity index (χ1n) is 3.47. The summed E-state index contributed by atoms with van der Waals surface area (Å²) in [6.45, 7) is 4.48. The maximum Gasteiger partial charge on any atom is 0.148 e. The SMILES string of the molecule is CC#CCCn1nnnc1C. The highest BCUT2D eigenvalue weighted by Crippen LogP contribution is 1.89. The minimum atomic E-state index is 0.777. The summed E-state index contributed by atoms with van der Waals surface area (Å²) < 4.78 is 1.74. The Bertz CT molecular complexity index is 278. The summed E-state index contributed by atoms with van der Waals surface area (Å²) >= 11 is 0. The molecule has 4 heteroatoms. The van der Waals surface area contributed by atoms with Gasteiger partial charge in [-0.25, -0.2) is 4.68 Å².